The van der Waals surface area contributed by atoms with Gasteiger partial charge in [-0.05, 0) is 56.5 Å². The van der Waals surface area contributed by atoms with Crippen LogP contribution in [0.4, 0.5) is 11.4 Å². The lowest BCUT2D eigenvalue weighted by molar-refractivity contribution is -0.119. The molecule has 2 aromatic rings. The summed E-state index contributed by atoms with van der Waals surface area (Å²) in [6.45, 7) is 4.00. The number of halogens is 1. The maximum absolute atomic E-state index is 12.9. The van der Waals surface area contributed by atoms with E-state index in [0.29, 0.717) is 12.2 Å². The molecule has 0 aromatic heterocycles. The number of aryl methyl sites for hydroxylation is 1. The van der Waals surface area contributed by atoms with Gasteiger partial charge in [0.15, 0.2) is 0 Å². The third-order valence-corrected chi connectivity index (χ3v) is 6.14. The van der Waals surface area contributed by atoms with E-state index in [2.05, 4.69) is 4.72 Å². The molecule has 0 radical (unpaired) electrons. The summed E-state index contributed by atoms with van der Waals surface area (Å²) < 4.78 is 27.6. The fourth-order valence-corrected chi connectivity index (χ4v) is 4.38. The van der Waals surface area contributed by atoms with Gasteiger partial charge in [0, 0.05) is 17.9 Å². The number of hydrogen-bond donors (Lipinski definition) is 2. The average Bonchev–Trinajstić information content (AvgIpc) is 2.61. The van der Waals surface area contributed by atoms with Gasteiger partial charge in [0.25, 0.3) is 0 Å². The molecule has 1 aliphatic rings. The molecule has 0 saturated heterocycles. The van der Waals surface area contributed by atoms with Crippen LogP contribution in [-0.4, -0.2) is 26.9 Å². The second-order valence-electron chi connectivity index (χ2n) is 6.59. The molecule has 0 fully saturated rings. The maximum atomic E-state index is 12.9. The van der Waals surface area contributed by atoms with Gasteiger partial charge in [-0.1, -0.05) is 23.8 Å². The summed E-state index contributed by atoms with van der Waals surface area (Å²) in [6.07, 6.45) is 1.61. The number of nitrogens with zero attached hydrogens (tertiary/aromatic N) is 1. The van der Waals surface area contributed by atoms with Crippen LogP contribution in [0.25, 0.3) is 0 Å². The molecule has 0 aliphatic carbocycles. The second-order valence-corrected chi connectivity index (χ2v) is 8.31. The molecule has 1 atom stereocenters. The minimum atomic E-state index is -3.77. The van der Waals surface area contributed by atoms with Gasteiger partial charge in [-0.15, -0.1) is 12.4 Å². The summed E-state index contributed by atoms with van der Waals surface area (Å²) in [5.74, 6) is -0.285. The first-order valence-electron chi connectivity index (χ1n) is 8.57. The Bertz CT molecular complexity index is 930. The average molecular weight is 410 g/mol. The minimum Gasteiger partial charge on any atom is -0.398 e. The summed E-state index contributed by atoms with van der Waals surface area (Å²) in [6, 6.07) is 11.1. The van der Waals surface area contributed by atoms with Crippen molar-refractivity contribution in [1.29, 1.82) is 0 Å². The van der Waals surface area contributed by atoms with E-state index in [4.69, 9.17) is 5.73 Å². The molecule has 0 saturated carbocycles. The number of benzene rings is 2. The number of amides is 1. The van der Waals surface area contributed by atoms with Crippen LogP contribution in [0.15, 0.2) is 47.4 Å². The Morgan fingerprint density at radius 2 is 1.85 bits per heavy atom. The van der Waals surface area contributed by atoms with Gasteiger partial charge in [-0.2, -0.15) is 4.72 Å². The van der Waals surface area contributed by atoms with Gasteiger partial charge in [-0.25, -0.2) is 8.42 Å². The summed E-state index contributed by atoms with van der Waals surface area (Å²) in [5.41, 5.74) is 9.36. The third-order valence-electron chi connectivity index (χ3n) is 4.59. The Hall–Kier alpha value is -2.09. The molecule has 6 nitrogen and oxygen atoms in total. The van der Waals surface area contributed by atoms with E-state index in [-0.39, 0.29) is 23.2 Å². The van der Waals surface area contributed by atoms with E-state index in [1.54, 1.807) is 30.0 Å². The number of nitrogens with two attached hydrogens (primary N) is 1. The van der Waals surface area contributed by atoms with Gasteiger partial charge < -0.3 is 10.6 Å². The monoisotopic (exact) mass is 409 g/mol. The van der Waals surface area contributed by atoms with E-state index >= 15 is 0 Å². The van der Waals surface area contributed by atoms with Crippen molar-refractivity contribution in [1.82, 2.24) is 4.72 Å². The number of anilines is 2. The predicted octanol–water partition coefficient (Wildman–Crippen LogP) is 2.65. The molecule has 2 aromatic carbocycles. The zero-order valence-electron chi connectivity index (χ0n) is 15.3. The van der Waals surface area contributed by atoms with E-state index in [9.17, 15) is 13.2 Å². The maximum Gasteiger partial charge on any atom is 0.244 e. The number of nitrogen functional groups attached to an aromatic ring is 1. The van der Waals surface area contributed by atoms with Gasteiger partial charge in [-0.3, -0.25) is 4.79 Å². The number of nitrogens with one attached hydrogen (secondary N) is 1. The van der Waals surface area contributed by atoms with Crippen LogP contribution in [0.5, 0.6) is 0 Å². The van der Waals surface area contributed by atoms with Gasteiger partial charge in [0.2, 0.25) is 15.9 Å². The van der Waals surface area contributed by atoms with Crippen LogP contribution >= 0.6 is 12.4 Å². The SMILES string of the molecule is Cc1ccc(S(=O)(=O)NC(C)C(=O)N2CCCc3c(N)cccc32)cc1.Cl. The second kappa shape index (κ2) is 8.29. The Balaban J connectivity index is 0.00000261. The lowest BCUT2D eigenvalue weighted by Gasteiger charge is -2.32. The fraction of sp³-hybridized carbons (Fsp3) is 0.316. The third kappa shape index (κ3) is 4.43. The van der Waals surface area contributed by atoms with Crippen molar-refractivity contribution in [3.63, 3.8) is 0 Å². The van der Waals surface area contributed by atoms with Gasteiger partial charge >= 0.3 is 0 Å². The Kier molecular flexibility index (Phi) is 6.51. The first-order chi connectivity index (χ1) is 12.3. The summed E-state index contributed by atoms with van der Waals surface area (Å²) in [4.78, 5) is 14.7. The Labute approximate surface area is 166 Å². The molecular formula is C19H24ClN3O3S. The number of sulfonamides is 1. The molecule has 1 amide bonds. The lowest BCUT2D eigenvalue weighted by atomic mass is 9.99. The Morgan fingerprint density at radius 1 is 1.19 bits per heavy atom. The van der Waals surface area contributed by atoms with Crippen molar-refractivity contribution in [2.45, 2.75) is 37.6 Å². The molecule has 146 valence electrons. The number of carbonyl (C=O) groups excluding carboxylic acids is 1. The van der Waals surface area contributed by atoms with Crippen LogP contribution in [0, 0.1) is 6.92 Å². The van der Waals surface area contributed by atoms with Crippen LogP contribution in [0.2, 0.25) is 0 Å². The van der Waals surface area contributed by atoms with E-state index < -0.39 is 16.1 Å². The zero-order valence-corrected chi connectivity index (χ0v) is 16.9. The number of fused-ring (bicyclic) bond motifs is 1. The number of carbonyl (C=O) groups is 1. The van der Waals surface area contributed by atoms with E-state index in [0.717, 1.165) is 29.7 Å². The lowest BCUT2D eigenvalue weighted by Crippen LogP contribution is -2.48. The van der Waals surface area contributed by atoms with Gasteiger partial charge in [0.05, 0.1) is 10.9 Å². The minimum absolute atomic E-state index is 0. The van der Waals surface area contributed by atoms with Crippen molar-refractivity contribution in [3.05, 3.63) is 53.6 Å². The van der Waals surface area contributed by atoms with Crippen LogP contribution in [0.3, 0.4) is 0 Å². The van der Waals surface area contributed by atoms with Crippen molar-refractivity contribution in [3.8, 4) is 0 Å². The largest absolute Gasteiger partial charge is 0.398 e. The molecule has 8 heteroatoms. The van der Waals surface area contributed by atoms with Crippen molar-refractivity contribution < 1.29 is 13.2 Å². The van der Waals surface area contributed by atoms with E-state index in [1.807, 2.05) is 19.1 Å². The number of rotatable bonds is 4. The van der Waals surface area contributed by atoms with E-state index in [1.165, 1.54) is 12.1 Å². The standard InChI is InChI=1S/C19H23N3O3S.ClH/c1-13-8-10-15(11-9-13)26(24,25)21-14(2)19(23)22-12-4-5-16-17(20)6-3-7-18(16)22;/h3,6-11,14,21H,4-5,12,20H2,1-2H3;1H. The van der Waals surface area contributed by atoms with Crippen molar-refractivity contribution >= 4 is 39.7 Å². The molecule has 0 spiro atoms. The van der Waals surface area contributed by atoms with Crippen molar-refractivity contribution in [2.24, 2.45) is 0 Å². The smallest absolute Gasteiger partial charge is 0.244 e. The highest BCUT2D eigenvalue weighted by atomic mass is 35.5. The highest BCUT2D eigenvalue weighted by Gasteiger charge is 2.29. The Morgan fingerprint density at radius 3 is 2.52 bits per heavy atom. The molecule has 3 N–H and O–H groups in total. The fourth-order valence-electron chi connectivity index (χ4n) is 3.18. The van der Waals surface area contributed by atoms with Crippen molar-refractivity contribution in [2.75, 3.05) is 17.2 Å². The van der Waals surface area contributed by atoms with Crippen LogP contribution < -0.4 is 15.4 Å². The molecule has 1 heterocycles. The topological polar surface area (TPSA) is 92.5 Å². The molecule has 0 bridgehead atoms. The molecule has 3 rings (SSSR count). The normalized spacial score (nSPS) is 14.8. The predicted molar refractivity (Wildman–Crippen MR) is 110 cm³/mol. The van der Waals surface area contributed by atoms with Crippen LogP contribution in [-0.2, 0) is 21.2 Å². The first-order valence-corrected chi connectivity index (χ1v) is 10.1. The number of hydrogen-bond acceptors (Lipinski definition) is 4. The molecule has 1 unspecified atom stereocenters. The van der Waals surface area contributed by atoms with Crippen LogP contribution in [0.1, 0.15) is 24.5 Å². The summed E-state index contributed by atoms with van der Waals surface area (Å²) >= 11 is 0. The quantitative estimate of drug-likeness (QED) is 0.759. The molecular weight excluding hydrogens is 386 g/mol. The summed E-state index contributed by atoms with van der Waals surface area (Å²) in [7, 11) is -3.77. The first kappa shape index (κ1) is 21.2. The summed E-state index contributed by atoms with van der Waals surface area (Å²) in [5, 5.41) is 0. The molecule has 1 aliphatic heterocycles. The highest BCUT2D eigenvalue weighted by Crippen LogP contribution is 2.31. The zero-order chi connectivity index (χ0) is 18.9. The van der Waals surface area contributed by atoms with Gasteiger partial charge in [0.1, 0.15) is 0 Å². The molecule has 27 heavy (non-hydrogen) atoms. The highest BCUT2D eigenvalue weighted by molar-refractivity contribution is 7.89.